The molecule has 0 amide bonds. The third-order valence-corrected chi connectivity index (χ3v) is 0.167. The van der Waals surface area contributed by atoms with Crippen LogP contribution in [0.1, 0.15) is 13.8 Å². The molecule has 13 heavy (non-hydrogen) atoms. The molecular formula is C6H14N2O4Zn. The molecule has 74 valence electrons. The molecule has 0 saturated heterocycles. The number of carboxylic acids is 2. The van der Waals surface area contributed by atoms with Crippen molar-refractivity contribution in [2.75, 3.05) is 13.1 Å². The molecule has 0 aromatic rings. The summed E-state index contributed by atoms with van der Waals surface area (Å²) in [6.45, 7) is 3.14. The molecule has 0 unspecified atom stereocenters. The SMILES string of the molecule is CC(=O)[O-].CC(=O)[O-].NCCN.[Zn+2]. The van der Waals surface area contributed by atoms with Crippen LogP contribution in [-0.4, -0.2) is 25.0 Å². The molecule has 6 nitrogen and oxygen atoms in total. The number of hydrogen-bond donors (Lipinski definition) is 2. The molecule has 0 fully saturated rings. The molecule has 4 N–H and O–H groups in total. The van der Waals surface area contributed by atoms with E-state index in [2.05, 4.69) is 0 Å². The van der Waals surface area contributed by atoms with Gasteiger partial charge in [-0.3, -0.25) is 0 Å². The van der Waals surface area contributed by atoms with E-state index >= 15 is 0 Å². The van der Waals surface area contributed by atoms with Crippen LogP contribution in [0.2, 0.25) is 0 Å². The van der Waals surface area contributed by atoms with E-state index in [1.807, 2.05) is 0 Å². The van der Waals surface area contributed by atoms with E-state index in [1.54, 1.807) is 0 Å². The Kier molecular flexibility index (Phi) is 39.7. The minimum Gasteiger partial charge on any atom is -0.550 e. The summed E-state index contributed by atoms with van der Waals surface area (Å²) in [6.07, 6.45) is 0. The van der Waals surface area contributed by atoms with E-state index in [-0.39, 0.29) is 19.5 Å². The summed E-state index contributed by atoms with van der Waals surface area (Å²) in [5.74, 6) is -2.17. The monoisotopic (exact) mass is 242 g/mol. The van der Waals surface area contributed by atoms with E-state index in [0.717, 1.165) is 13.8 Å². The van der Waals surface area contributed by atoms with Crippen LogP contribution in [0.5, 0.6) is 0 Å². The number of rotatable bonds is 1. The quantitative estimate of drug-likeness (QED) is 0.458. The zero-order valence-corrected chi connectivity index (χ0v) is 10.9. The number of nitrogens with two attached hydrogens (primary N) is 2. The first-order chi connectivity index (χ1) is 5.38. The summed E-state index contributed by atoms with van der Waals surface area (Å²) >= 11 is 0. The Hall–Kier alpha value is -0.517. The van der Waals surface area contributed by atoms with Crippen LogP contribution in [0.3, 0.4) is 0 Å². The fourth-order valence-electron chi connectivity index (χ4n) is 0. The zero-order valence-electron chi connectivity index (χ0n) is 7.91. The number of aliphatic carboxylic acids is 2. The second-order valence-electron chi connectivity index (χ2n) is 1.56. The topological polar surface area (TPSA) is 132 Å². The molecule has 0 aliphatic carbocycles. The van der Waals surface area contributed by atoms with Gasteiger partial charge >= 0.3 is 19.5 Å². The van der Waals surface area contributed by atoms with Crippen LogP contribution >= 0.6 is 0 Å². The molecule has 0 heterocycles. The molecule has 0 rings (SSSR count). The average Bonchev–Trinajstić information content (AvgIpc) is 1.85. The maximum Gasteiger partial charge on any atom is 2.00 e. The van der Waals surface area contributed by atoms with Gasteiger partial charge in [0.05, 0.1) is 0 Å². The van der Waals surface area contributed by atoms with Crippen molar-refractivity contribution >= 4 is 11.9 Å². The van der Waals surface area contributed by atoms with Gasteiger partial charge in [0.2, 0.25) is 0 Å². The largest absolute Gasteiger partial charge is 2.00 e. The van der Waals surface area contributed by atoms with Crippen molar-refractivity contribution < 1.29 is 39.3 Å². The first-order valence-corrected chi connectivity index (χ1v) is 3.13. The fourth-order valence-corrected chi connectivity index (χ4v) is 0. The molecule has 0 bridgehead atoms. The van der Waals surface area contributed by atoms with Crippen molar-refractivity contribution in [1.29, 1.82) is 0 Å². The van der Waals surface area contributed by atoms with Crippen LogP contribution in [0, 0.1) is 0 Å². The number of carbonyl (C=O) groups is 2. The molecule has 0 aliphatic rings. The van der Waals surface area contributed by atoms with Gasteiger partial charge in [-0.1, -0.05) is 0 Å². The Morgan fingerprint density at radius 2 is 1.08 bits per heavy atom. The first-order valence-electron chi connectivity index (χ1n) is 3.13. The maximum absolute atomic E-state index is 8.89. The van der Waals surface area contributed by atoms with Crippen molar-refractivity contribution in [2.24, 2.45) is 11.5 Å². The molecule has 7 heteroatoms. The minimum absolute atomic E-state index is 0. The second kappa shape index (κ2) is 22.5. The maximum atomic E-state index is 8.89. The second-order valence-corrected chi connectivity index (χ2v) is 1.56. The Balaban J connectivity index is -0.0000000450. The van der Waals surface area contributed by atoms with Crippen LogP contribution < -0.4 is 21.7 Å². The Morgan fingerprint density at radius 1 is 1.00 bits per heavy atom. The van der Waals surface area contributed by atoms with E-state index in [1.165, 1.54) is 0 Å². The van der Waals surface area contributed by atoms with Crippen LogP contribution in [0.15, 0.2) is 0 Å². The summed E-state index contributed by atoms with van der Waals surface area (Å²) in [6, 6.07) is 0. The summed E-state index contributed by atoms with van der Waals surface area (Å²) in [5.41, 5.74) is 9.81. The fraction of sp³-hybridized carbons (Fsp3) is 0.667. The molecule has 0 radical (unpaired) electrons. The molecular weight excluding hydrogens is 229 g/mol. The normalized spacial score (nSPS) is 6.15. The minimum atomic E-state index is -1.08. The van der Waals surface area contributed by atoms with Gasteiger partial charge < -0.3 is 31.3 Å². The predicted octanol–water partition coefficient (Wildman–Crippen LogP) is -3.59. The van der Waals surface area contributed by atoms with Gasteiger partial charge in [0, 0.05) is 25.0 Å². The third kappa shape index (κ3) is 4420. The van der Waals surface area contributed by atoms with Crippen molar-refractivity contribution in [2.45, 2.75) is 13.8 Å². The third-order valence-electron chi connectivity index (χ3n) is 0.167. The van der Waals surface area contributed by atoms with E-state index in [0.29, 0.717) is 13.1 Å². The molecule has 0 aliphatic heterocycles. The van der Waals surface area contributed by atoms with E-state index < -0.39 is 11.9 Å². The average molecular weight is 244 g/mol. The summed E-state index contributed by atoms with van der Waals surface area (Å²) in [4.78, 5) is 17.8. The number of carbonyl (C=O) groups excluding carboxylic acids is 2. The smallest absolute Gasteiger partial charge is 0.550 e. The molecule has 0 atom stereocenters. The number of carboxylic acid groups (broad SMARTS) is 2. The molecule has 0 aromatic carbocycles. The van der Waals surface area contributed by atoms with Gasteiger partial charge in [-0.15, -0.1) is 0 Å². The van der Waals surface area contributed by atoms with Crippen molar-refractivity contribution in [1.82, 2.24) is 0 Å². The Bertz CT molecular complexity index is 99.2. The number of hydrogen-bond acceptors (Lipinski definition) is 6. The van der Waals surface area contributed by atoms with Gasteiger partial charge in [0.1, 0.15) is 0 Å². The standard InChI is InChI=1S/C2H8N2.2C2H4O2.Zn/c3-1-2-4;2*1-2(3)4;/h1-4H2;2*1H3,(H,3,4);/q;;;+2/p-2. The van der Waals surface area contributed by atoms with Gasteiger partial charge in [-0.25, -0.2) is 0 Å². The van der Waals surface area contributed by atoms with Crippen molar-refractivity contribution in [3.05, 3.63) is 0 Å². The van der Waals surface area contributed by atoms with Gasteiger partial charge in [-0.2, -0.15) is 0 Å². The van der Waals surface area contributed by atoms with Gasteiger partial charge in [0.15, 0.2) is 0 Å². The van der Waals surface area contributed by atoms with Crippen LogP contribution in [0.4, 0.5) is 0 Å². The van der Waals surface area contributed by atoms with E-state index in [9.17, 15) is 0 Å². The van der Waals surface area contributed by atoms with Crippen LogP contribution in [0.25, 0.3) is 0 Å². The Morgan fingerprint density at radius 3 is 1.08 bits per heavy atom. The molecule has 0 aromatic heterocycles. The Labute approximate surface area is 90.1 Å². The zero-order chi connectivity index (χ0) is 10.6. The summed E-state index contributed by atoms with van der Waals surface area (Å²) < 4.78 is 0. The van der Waals surface area contributed by atoms with E-state index in [4.69, 9.17) is 31.3 Å². The van der Waals surface area contributed by atoms with Gasteiger partial charge in [0.25, 0.3) is 0 Å². The molecule has 0 saturated carbocycles. The predicted molar refractivity (Wildman–Crippen MR) is 39.5 cm³/mol. The van der Waals surface area contributed by atoms with Gasteiger partial charge in [-0.05, 0) is 13.8 Å². The van der Waals surface area contributed by atoms with Crippen molar-refractivity contribution in [3.8, 4) is 0 Å². The van der Waals surface area contributed by atoms with Crippen LogP contribution in [-0.2, 0) is 29.1 Å². The van der Waals surface area contributed by atoms with Crippen molar-refractivity contribution in [3.63, 3.8) is 0 Å². The summed E-state index contributed by atoms with van der Waals surface area (Å²) in [5, 5.41) is 17.8. The summed E-state index contributed by atoms with van der Waals surface area (Å²) in [7, 11) is 0. The first kappa shape index (κ1) is 22.9. The molecule has 0 spiro atoms.